The first-order valence-electron chi connectivity index (χ1n) is 7.30. The summed E-state index contributed by atoms with van der Waals surface area (Å²) < 4.78 is 27.1. The van der Waals surface area contributed by atoms with Crippen LogP contribution in [0.4, 0.5) is 14.5 Å². The zero-order valence-electron chi connectivity index (χ0n) is 13.4. The van der Waals surface area contributed by atoms with E-state index in [2.05, 4.69) is 15.3 Å². The minimum Gasteiger partial charge on any atom is -0.320 e. The zero-order chi connectivity index (χ0) is 17.9. The normalized spacial score (nSPS) is 12.2. The molecule has 1 aromatic heterocycles. The van der Waals surface area contributed by atoms with Gasteiger partial charge in [0.05, 0.1) is 10.9 Å². The van der Waals surface area contributed by atoms with E-state index in [1.54, 1.807) is 6.92 Å². The number of aromatic amines is 1. The molecule has 1 amide bonds. The lowest BCUT2D eigenvalue weighted by molar-refractivity contribution is -0.115. The van der Waals surface area contributed by atoms with Crippen molar-refractivity contribution in [1.29, 1.82) is 0 Å². The first kappa shape index (κ1) is 18.1. The molecule has 0 fully saturated rings. The van der Waals surface area contributed by atoms with Crippen LogP contribution in [-0.4, -0.2) is 21.1 Å². The summed E-state index contributed by atoms with van der Waals surface area (Å²) in [4.78, 5) is 30.6. The van der Waals surface area contributed by atoms with Gasteiger partial charge in [-0.3, -0.25) is 9.59 Å². The summed E-state index contributed by atoms with van der Waals surface area (Å²) in [7, 11) is 0. The van der Waals surface area contributed by atoms with E-state index in [1.165, 1.54) is 12.1 Å². The average Bonchev–Trinajstić information content (AvgIpc) is 2.50. The number of carbonyl (C=O) groups excluding carboxylic acids is 1. The van der Waals surface area contributed by atoms with E-state index in [1.807, 2.05) is 13.8 Å². The van der Waals surface area contributed by atoms with Crippen LogP contribution in [0.15, 0.2) is 34.2 Å². The Kier molecular flexibility index (Phi) is 5.71. The van der Waals surface area contributed by atoms with Crippen molar-refractivity contribution in [3.05, 3.63) is 51.9 Å². The molecule has 2 rings (SSSR count). The SMILES string of the molecule is CC(Sc1nc(C(C)C)cc(=O)[nH]1)C(=O)Nc1c(F)cccc1F. The second-order valence-corrected chi connectivity index (χ2v) is 6.81. The lowest BCUT2D eigenvalue weighted by Crippen LogP contribution is -2.24. The van der Waals surface area contributed by atoms with Gasteiger partial charge in [0.1, 0.15) is 17.3 Å². The molecule has 0 radical (unpaired) electrons. The number of rotatable bonds is 5. The summed E-state index contributed by atoms with van der Waals surface area (Å²) in [5, 5.41) is 1.79. The first-order chi connectivity index (χ1) is 11.3. The summed E-state index contributed by atoms with van der Waals surface area (Å²) >= 11 is 1.00. The number of halogens is 2. The minimum atomic E-state index is -0.853. The smallest absolute Gasteiger partial charge is 0.251 e. The molecular formula is C16H17F2N3O2S. The number of aromatic nitrogens is 2. The van der Waals surface area contributed by atoms with Crippen LogP contribution in [0.1, 0.15) is 32.4 Å². The number of amides is 1. The van der Waals surface area contributed by atoms with Crippen LogP contribution in [0.2, 0.25) is 0 Å². The highest BCUT2D eigenvalue weighted by molar-refractivity contribution is 8.00. The highest BCUT2D eigenvalue weighted by Gasteiger charge is 2.19. The van der Waals surface area contributed by atoms with E-state index < -0.39 is 28.5 Å². The average molecular weight is 353 g/mol. The third-order valence-corrected chi connectivity index (χ3v) is 4.18. The van der Waals surface area contributed by atoms with E-state index in [0.29, 0.717) is 5.69 Å². The van der Waals surface area contributed by atoms with Crippen molar-refractivity contribution in [3.8, 4) is 0 Å². The van der Waals surface area contributed by atoms with Gasteiger partial charge in [0.25, 0.3) is 5.56 Å². The molecule has 24 heavy (non-hydrogen) atoms. The van der Waals surface area contributed by atoms with Crippen molar-refractivity contribution in [2.75, 3.05) is 5.32 Å². The van der Waals surface area contributed by atoms with Crippen LogP contribution in [0.25, 0.3) is 0 Å². The van der Waals surface area contributed by atoms with Gasteiger partial charge in [-0.25, -0.2) is 13.8 Å². The number of anilines is 1. The Bertz CT molecular complexity index is 788. The van der Waals surface area contributed by atoms with Gasteiger partial charge in [-0.2, -0.15) is 0 Å². The van der Waals surface area contributed by atoms with Crippen molar-refractivity contribution in [3.63, 3.8) is 0 Å². The molecule has 1 heterocycles. The summed E-state index contributed by atoms with van der Waals surface area (Å²) in [5.41, 5.74) is -0.203. The van der Waals surface area contributed by atoms with E-state index in [4.69, 9.17) is 0 Å². The zero-order valence-corrected chi connectivity index (χ0v) is 14.2. The van der Waals surface area contributed by atoms with Gasteiger partial charge in [0.15, 0.2) is 5.16 Å². The summed E-state index contributed by atoms with van der Waals surface area (Å²) in [6.07, 6.45) is 0. The Morgan fingerprint density at radius 1 is 1.25 bits per heavy atom. The van der Waals surface area contributed by atoms with Gasteiger partial charge in [-0.05, 0) is 25.0 Å². The largest absolute Gasteiger partial charge is 0.320 e. The Hall–Kier alpha value is -2.22. The van der Waals surface area contributed by atoms with Crippen molar-refractivity contribution in [2.24, 2.45) is 0 Å². The molecule has 128 valence electrons. The number of nitrogens with one attached hydrogen (secondary N) is 2. The molecule has 0 saturated carbocycles. The fraction of sp³-hybridized carbons (Fsp3) is 0.312. The molecule has 8 heteroatoms. The molecule has 0 spiro atoms. The van der Waals surface area contributed by atoms with Gasteiger partial charge < -0.3 is 10.3 Å². The maximum Gasteiger partial charge on any atom is 0.251 e. The standard InChI is InChI=1S/C16H17F2N3O2S/c1-8(2)12-7-13(22)20-16(19-12)24-9(3)15(23)21-14-10(17)5-4-6-11(14)18/h4-9H,1-3H3,(H,21,23)(H,19,20,22). The van der Waals surface area contributed by atoms with Gasteiger partial charge >= 0.3 is 0 Å². The number of hydrogen-bond donors (Lipinski definition) is 2. The number of hydrogen-bond acceptors (Lipinski definition) is 4. The van der Waals surface area contributed by atoms with E-state index >= 15 is 0 Å². The third-order valence-electron chi connectivity index (χ3n) is 3.20. The first-order valence-corrected chi connectivity index (χ1v) is 8.18. The van der Waals surface area contributed by atoms with Crippen molar-refractivity contribution in [1.82, 2.24) is 9.97 Å². The molecule has 2 aromatic rings. The Morgan fingerprint density at radius 2 is 1.88 bits per heavy atom. The Labute approximate surface area is 141 Å². The second kappa shape index (κ2) is 7.57. The predicted octanol–water partition coefficient (Wildman–Crippen LogP) is 3.29. The Balaban J connectivity index is 2.13. The molecule has 0 aliphatic carbocycles. The van der Waals surface area contributed by atoms with Crippen LogP contribution in [-0.2, 0) is 4.79 Å². The molecule has 0 aliphatic heterocycles. The van der Waals surface area contributed by atoms with E-state index in [9.17, 15) is 18.4 Å². The Morgan fingerprint density at radius 3 is 2.46 bits per heavy atom. The quantitative estimate of drug-likeness (QED) is 0.639. The van der Waals surface area contributed by atoms with Crippen LogP contribution < -0.4 is 10.9 Å². The topological polar surface area (TPSA) is 74.8 Å². The van der Waals surface area contributed by atoms with Gasteiger partial charge in [-0.15, -0.1) is 0 Å². The highest BCUT2D eigenvalue weighted by atomic mass is 32.2. The van der Waals surface area contributed by atoms with Crippen molar-refractivity contribution in [2.45, 2.75) is 37.1 Å². The molecule has 0 bridgehead atoms. The number of nitrogens with zero attached hydrogens (tertiary/aromatic N) is 1. The molecule has 0 aliphatic rings. The number of carbonyl (C=O) groups is 1. The molecular weight excluding hydrogens is 336 g/mol. The van der Waals surface area contributed by atoms with Crippen LogP contribution in [0, 0.1) is 11.6 Å². The third kappa shape index (κ3) is 4.41. The number of thioether (sulfide) groups is 1. The molecule has 1 unspecified atom stereocenters. The highest BCUT2D eigenvalue weighted by Crippen LogP contribution is 2.23. The predicted molar refractivity (Wildman–Crippen MR) is 89.3 cm³/mol. The van der Waals surface area contributed by atoms with Crippen molar-refractivity contribution < 1.29 is 13.6 Å². The minimum absolute atomic E-state index is 0.0586. The molecule has 2 N–H and O–H groups in total. The summed E-state index contributed by atoms with van der Waals surface area (Å²) in [6, 6.07) is 4.72. The molecule has 0 saturated heterocycles. The van der Waals surface area contributed by atoms with Gasteiger partial charge in [0.2, 0.25) is 5.91 Å². The number of benzene rings is 1. The van der Waals surface area contributed by atoms with Crippen LogP contribution >= 0.6 is 11.8 Å². The lowest BCUT2D eigenvalue weighted by Gasteiger charge is -2.13. The summed E-state index contributed by atoms with van der Waals surface area (Å²) in [6.45, 7) is 5.35. The fourth-order valence-electron chi connectivity index (χ4n) is 1.87. The van der Waals surface area contributed by atoms with E-state index in [-0.39, 0.29) is 16.6 Å². The maximum absolute atomic E-state index is 13.6. The maximum atomic E-state index is 13.6. The molecule has 1 atom stereocenters. The van der Waals surface area contributed by atoms with Crippen molar-refractivity contribution >= 4 is 23.4 Å². The lowest BCUT2D eigenvalue weighted by atomic mass is 10.1. The number of para-hydroxylation sites is 1. The van der Waals surface area contributed by atoms with E-state index in [0.717, 1.165) is 23.9 Å². The molecule has 1 aromatic carbocycles. The van der Waals surface area contributed by atoms with Gasteiger partial charge in [-0.1, -0.05) is 31.7 Å². The van der Waals surface area contributed by atoms with Crippen LogP contribution in [0.3, 0.4) is 0 Å². The fourth-order valence-corrected chi connectivity index (χ4v) is 2.69. The monoisotopic (exact) mass is 353 g/mol. The van der Waals surface area contributed by atoms with Crippen LogP contribution in [0.5, 0.6) is 0 Å². The van der Waals surface area contributed by atoms with Gasteiger partial charge in [0, 0.05) is 6.07 Å². The second-order valence-electron chi connectivity index (χ2n) is 5.48. The summed E-state index contributed by atoms with van der Waals surface area (Å²) in [5.74, 6) is -2.24. The molecule has 5 nitrogen and oxygen atoms in total. The number of H-pyrrole nitrogens is 1.